The Hall–Kier alpha value is -1.83. The minimum Gasteiger partial charge on any atom is -0.487 e. The first kappa shape index (κ1) is 27.2. The van der Waals surface area contributed by atoms with Gasteiger partial charge in [0, 0.05) is 20.5 Å². The summed E-state index contributed by atoms with van der Waals surface area (Å²) in [6, 6.07) is 13.2. The van der Waals surface area contributed by atoms with Gasteiger partial charge in [0.05, 0.1) is 12.7 Å². The van der Waals surface area contributed by atoms with Gasteiger partial charge >= 0.3 is 0 Å². The van der Waals surface area contributed by atoms with Gasteiger partial charge in [-0.2, -0.15) is 10.5 Å². The van der Waals surface area contributed by atoms with Gasteiger partial charge in [0.15, 0.2) is 0 Å². The molecule has 0 atom stereocenters. The molecule has 1 N–H and O–H groups in total. The van der Waals surface area contributed by atoms with E-state index in [9.17, 15) is 15.3 Å². The maximum Gasteiger partial charge on any atom is 0.266 e. The highest BCUT2D eigenvalue weighted by molar-refractivity contribution is 14.1. The van der Waals surface area contributed by atoms with Crippen molar-refractivity contribution >= 4 is 96.7 Å². The number of rotatable bonds is 6. The van der Waals surface area contributed by atoms with Crippen molar-refractivity contribution in [3.8, 4) is 17.9 Å². The van der Waals surface area contributed by atoms with Gasteiger partial charge in [0.2, 0.25) is 0 Å². The average molecular weight is 760 g/mol. The molecule has 0 saturated carbocycles. The summed E-state index contributed by atoms with van der Waals surface area (Å²) in [7, 11) is 0. The van der Waals surface area contributed by atoms with Crippen molar-refractivity contribution in [1.82, 2.24) is 0 Å². The Labute approximate surface area is 250 Å². The third-order valence-corrected chi connectivity index (χ3v) is 8.99. The van der Waals surface area contributed by atoms with Crippen LogP contribution in [0.4, 0.5) is 5.00 Å². The van der Waals surface area contributed by atoms with Gasteiger partial charge in [-0.25, -0.2) is 0 Å². The number of fused-ring (bicyclic) bond motifs is 1. The Bertz CT molecular complexity index is 1450. The van der Waals surface area contributed by atoms with Gasteiger partial charge < -0.3 is 10.1 Å². The summed E-state index contributed by atoms with van der Waals surface area (Å²) in [5, 5.41) is 23.7. The lowest BCUT2D eigenvalue weighted by atomic mass is 9.96. The lowest BCUT2D eigenvalue weighted by Crippen LogP contribution is -2.13. The third kappa shape index (κ3) is 6.17. The molecular formula is C26H17Cl2I2N3O2S. The molecule has 0 saturated heterocycles. The number of carbonyl (C=O) groups excluding carboxylic acids is 1. The summed E-state index contributed by atoms with van der Waals surface area (Å²) in [5.74, 6) is 0.153. The molecule has 4 rings (SSSR count). The van der Waals surface area contributed by atoms with Crippen LogP contribution in [-0.2, 0) is 24.2 Å². The van der Waals surface area contributed by atoms with Crippen LogP contribution >= 0.6 is 79.7 Å². The fourth-order valence-corrected chi connectivity index (χ4v) is 7.67. The maximum absolute atomic E-state index is 12.9. The molecule has 1 aliphatic carbocycles. The molecule has 1 heterocycles. The summed E-state index contributed by atoms with van der Waals surface area (Å²) in [6.07, 6.45) is 5.43. The molecule has 2 aromatic carbocycles. The first-order valence-electron chi connectivity index (χ1n) is 10.8. The van der Waals surface area contributed by atoms with Crippen LogP contribution in [0, 0.1) is 29.8 Å². The summed E-state index contributed by atoms with van der Waals surface area (Å²) in [4.78, 5) is 14.1. The molecular weight excluding hydrogens is 743 g/mol. The van der Waals surface area contributed by atoms with E-state index in [0.717, 1.165) is 48.8 Å². The zero-order valence-electron chi connectivity index (χ0n) is 18.6. The fourth-order valence-electron chi connectivity index (χ4n) is 3.85. The predicted molar refractivity (Wildman–Crippen MR) is 161 cm³/mol. The van der Waals surface area contributed by atoms with Crippen molar-refractivity contribution in [2.24, 2.45) is 0 Å². The Kier molecular flexibility index (Phi) is 9.18. The van der Waals surface area contributed by atoms with E-state index in [1.807, 2.05) is 24.3 Å². The van der Waals surface area contributed by atoms with Gasteiger partial charge in [0.25, 0.3) is 5.91 Å². The SMILES string of the molecule is N#C/C(=C\c1cc(I)c(OCc2ccc(Cl)cc2Cl)c(I)c1)C(=O)Nc1sc2c(c1C#N)CCCC2. The van der Waals surface area contributed by atoms with E-state index in [-0.39, 0.29) is 12.2 Å². The van der Waals surface area contributed by atoms with Gasteiger partial charge in [-0.1, -0.05) is 29.3 Å². The number of benzene rings is 2. The molecule has 0 unspecified atom stereocenters. The number of hydrogen-bond acceptors (Lipinski definition) is 5. The minimum atomic E-state index is -0.532. The van der Waals surface area contributed by atoms with Crippen LogP contribution in [0.15, 0.2) is 35.9 Å². The van der Waals surface area contributed by atoms with Crippen LogP contribution in [0.1, 0.15) is 40.0 Å². The van der Waals surface area contributed by atoms with Gasteiger partial charge in [-0.15, -0.1) is 11.3 Å². The number of hydrogen-bond donors (Lipinski definition) is 1. The number of anilines is 1. The van der Waals surface area contributed by atoms with Crippen molar-refractivity contribution in [3.63, 3.8) is 0 Å². The van der Waals surface area contributed by atoms with E-state index >= 15 is 0 Å². The number of halogens is 4. The van der Waals surface area contributed by atoms with Crippen LogP contribution < -0.4 is 10.1 Å². The number of aryl methyl sites for hydroxylation is 1. The number of thiophene rings is 1. The van der Waals surface area contributed by atoms with Crippen LogP contribution in [0.2, 0.25) is 10.0 Å². The molecule has 182 valence electrons. The molecule has 0 bridgehead atoms. The molecule has 0 spiro atoms. The average Bonchev–Trinajstić information content (AvgIpc) is 3.19. The van der Waals surface area contributed by atoms with Crippen LogP contribution in [0.5, 0.6) is 5.75 Å². The zero-order chi connectivity index (χ0) is 25.8. The van der Waals surface area contributed by atoms with Crippen LogP contribution in [0.25, 0.3) is 6.08 Å². The van der Waals surface area contributed by atoms with Crippen molar-refractivity contribution < 1.29 is 9.53 Å². The highest BCUT2D eigenvalue weighted by Crippen LogP contribution is 2.38. The second-order valence-electron chi connectivity index (χ2n) is 7.99. The van der Waals surface area contributed by atoms with E-state index in [0.29, 0.717) is 31.9 Å². The number of nitriles is 2. The Morgan fingerprint density at radius 3 is 2.53 bits per heavy atom. The summed E-state index contributed by atoms with van der Waals surface area (Å²) in [5.41, 5.74) is 3.02. The Morgan fingerprint density at radius 2 is 1.86 bits per heavy atom. The van der Waals surface area contributed by atoms with E-state index < -0.39 is 5.91 Å². The number of nitrogens with zero attached hydrogens (tertiary/aromatic N) is 2. The van der Waals surface area contributed by atoms with Crippen LogP contribution in [-0.4, -0.2) is 5.91 Å². The molecule has 3 aromatic rings. The molecule has 1 aliphatic rings. The van der Waals surface area contributed by atoms with Gasteiger partial charge in [-0.3, -0.25) is 4.79 Å². The van der Waals surface area contributed by atoms with Crippen LogP contribution in [0.3, 0.4) is 0 Å². The van der Waals surface area contributed by atoms with E-state index in [4.69, 9.17) is 27.9 Å². The van der Waals surface area contributed by atoms with E-state index in [1.165, 1.54) is 11.3 Å². The quantitative estimate of drug-likeness (QED) is 0.156. The topological polar surface area (TPSA) is 85.9 Å². The van der Waals surface area contributed by atoms with Gasteiger partial charge in [0.1, 0.15) is 35.1 Å². The first-order chi connectivity index (χ1) is 17.3. The second kappa shape index (κ2) is 12.1. The normalized spacial score (nSPS) is 12.9. The van der Waals surface area contributed by atoms with Gasteiger partial charge in [-0.05, 0) is 112 Å². The van der Waals surface area contributed by atoms with Crippen molar-refractivity contribution in [2.45, 2.75) is 32.3 Å². The first-order valence-corrected chi connectivity index (χ1v) is 14.6. The Balaban J connectivity index is 1.53. The van der Waals surface area contributed by atoms with E-state index in [2.05, 4.69) is 56.6 Å². The third-order valence-electron chi connectivity index (χ3n) is 5.59. The zero-order valence-corrected chi connectivity index (χ0v) is 25.3. The van der Waals surface area contributed by atoms with E-state index in [1.54, 1.807) is 18.2 Å². The molecule has 1 amide bonds. The highest BCUT2D eigenvalue weighted by atomic mass is 127. The molecule has 0 aliphatic heterocycles. The highest BCUT2D eigenvalue weighted by Gasteiger charge is 2.23. The monoisotopic (exact) mass is 759 g/mol. The molecule has 1 aromatic heterocycles. The standard InChI is InChI=1S/C26H17Cl2I2N3O2S/c27-17-6-5-15(20(28)10-17)13-35-24-21(29)8-14(9-22(24)30)7-16(11-31)25(34)33-26-19(12-32)18-3-1-2-4-23(18)36-26/h5-10H,1-4,13H2,(H,33,34)/b16-7+. The lowest BCUT2D eigenvalue weighted by molar-refractivity contribution is -0.112. The molecule has 0 fully saturated rings. The predicted octanol–water partition coefficient (Wildman–Crippen LogP) is 8.14. The number of amides is 1. The number of nitrogens with one attached hydrogen (secondary N) is 1. The summed E-state index contributed by atoms with van der Waals surface area (Å²) < 4.78 is 7.67. The minimum absolute atomic E-state index is 0.0431. The fraction of sp³-hybridized carbons (Fsp3) is 0.192. The lowest BCUT2D eigenvalue weighted by Gasteiger charge is -2.13. The molecule has 0 radical (unpaired) electrons. The largest absolute Gasteiger partial charge is 0.487 e. The maximum atomic E-state index is 12.9. The second-order valence-corrected chi connectivity index (χ2v) is 12.3. The van der Waals surface area contributed by atoms with Crippen molar-refractivity contribution in [1.29, 1.82) is 10.5 Å². The molecule has 36 heavy (non-hydrogen) atoms. The Morgan fingerprint density at radius 1 is 1.14 bits per heavy atom. The van der Waals surface area contributed by atoms with Crippen molar-refractivity contribution in [3.05, 3.63) is 80.2 Å². The molecule has 5 nitrogen and oxygen atoms in total. The summed E-state index contributed by atoms with van der Waals surface area (Å²) in [6.45, 7) is 0.273. The summed E-state index contributed by atoms with van der Waals surface area (Å²) >= 11 is 18.0. The number of carbonyl (C=O) groups is 1. The van der Waals surface area contributed by atoms with Crippen molar-refractivity contribution in [2.75, 3.05) is 5.32 Å². The molecule has 10 heteroatoms. The number of ether oxygens (including phenoxy) is 1. The smallest absolute Gasteiger partial charge is 0.266 e.